The van der Waals surface area contributed by atoms with Crippen LogP contribution in [-0.2, 0) is 21.5 Å². The summed E-state index contributed by atoms with van der Waals surface area (Å²) in [5, 5.41) is 23.2. The third kappa shape index (κ3) is 8.56. The Balaban J connectivity index is 0.960. The van der Waals surface area contributed by atoms with Gasteiger partial charge in [0.05, 0.1) is 12.3 Å². The van der Waals surface area contributed by atoms with Crippen molar-refractivity contribution in [3.05, 3.63) is 95.4 Å². The Hall–Kier alpha value is -4.58. The quantitative estimate of drug-likeness (QED) is 0.0926. The lowest BCUT2D eigenvalue weighted by Gasteiger charge is -2.36. The number of likely N-dealkylation sites (tertiary alicyclic amines) is 1. The normalized spacial score (nSPS) is 25.3. The fraction of sp³-hybridized carbons (Fsp3) is 0.542. The summed E-state index contributed by atoms with van der Waals surface area (Å²) in [6.07, 6.45) is 14.0. The molecule has 2 aliphatic heterocycles. The van der Waals surface area contributed by atoms with Gasteiger partial charge in [0.15, 0.2) is 5.65 Å². The summed E-state index contributed by atoms with van der Waals surface area (Å²) < 4.78 is 14.5. The van der Waals surface area contributed by atoms with E-state index in [1.54, 1.807) is 0 Å². The van der Waals surface area contributed by atoms with Gasteiger partial charge in [0, 0.05) is 68.4 Å². The van der Waals surface area contributed by atoms with E-state index in [9.17, 15) is 4.79 Å². The Bertz CT molecular complexity index is 2170. The lowest BCUT2D eigenvalue weighted by Crippen LogP contribution is -2.79. The molecule has 1 amide bonds. The third-order valence-electron chi connectivity index (χ3n) is 14.0. The van der Waals surface area contributed by atoms with Crippen LogP contribution in [0, 0.1) is 16.2 Å². The van der Waals surface area contributed by atoms with E-state index in [1.165, 1.54) is 29.5 Å². The molecule has 2 aromatic heterocycles. The van der Waals surface area contributed by atoms with Crippen molar-refractivity contribution >= 4 is 28.9 Å². The minimum atomic E-state index is -0.352. The molecule has 4 unspecified atom stereocenters. The number of nitrogens with zero attached hydrogens (tertiary/aromatic N) is 5. The molecule has 8 rings (SSSR count). The van der Waals surface area contributed by atoms with E-state index in [-0.39, 0.29) is 28.3 Å². The molecule has 11 heteroatoms. The van der Waals surface area contributed by atoms with Crippen LogP contribution >= 0.6 is 0 Å². The zero-order chi connectivity index (χ0) is 41.4. The number of amides is 1. The van der Waals surface area contributed by atoms with Gasteiger partial charge in [0.2, 0.25) is 17.7 Å². The van der Waals surface area contributed by atoms with Crippen molar-refractivity contribution in [2.45, 2.75) is 129 Å². The van der Waals surface area contributed by atoms with Crippen molar-refractivity contribution < 1.29 is 19.6 Å². The van der Waals surface area contributed by atoms with E-state index in [2.05, 4.69) is 98.3 Å². The van der Waals surface area contributed by atoms with Gasteiger partial charge < -0.3 is 19.8 Å². The molecule has 2 aliphatic carbocycles. The average Bonchev–Trinajstić information content (AvgIpc) is 3.65. The number of methoxy groups -OCH3 is 1. The first-order valence-corrected chi connectivity index (χ1v) is 22.1. The molecule has 0 radical (unpaired) electrons. The number of aromatic nitrogens is 3. The van der Waals surface area contributed by atoms with E-state index in [0.29, 0.717) is 30.1 Å². The van der Waals surface area contributed by atoms with Gasteiger partial charge in [0.1, 0.15) is 17.5 Å². The van der Waals surface area contributed by atoms with Gasteiger partial charge in [0.25, 0.3) is 0 Å². The Kier molecular flexibility index (Phi) is 11.7. The van der Waals surface area contributed by atoms with Gasteiger partial charge >= 0.3 is 0 Å². The van der Waals surface area contributed by atoms with Crippen molar-refractivity contribution in [2.75, 3.05) is 31.6 Å². The van der Waals surface area contributed by atoms with Gasteiger partial charge in [-0.05, 0) is 111 Å². The van der Waals surface area contributed by atoms with Crippen molar-refractivity contribution in [3.63, 3.8) is 0 Å². The summed E-state index contributed by atoms with van der Waals surface area (Å²) in [6.45, 7) is 14.6. The minimum Gasteiger partial charge on any atom is -0.484 e. The number of anilines is 1. The molecule has 4 aliphatic rings. The number of pyridine rings is 1. The first kappa shape index (κ1) is 41.2. The second kappa shape index (κ2) is 16.8. The molecule has 4 atom stereocenters. The van der Waals surface area contributed by atoms with Crippen LogP contribution in [0.1, 0.15) is 122 Å². The largest absolute Gasteiger partial charge is 0.484 e. The Labute approximate surface area is 350 Å². The van der Waals surface area contributed by atoms with Crippen molar-refractivity contribution in [3.8, 4) is 5.75 Å². The van der Waals surface area contributed by atoms with Crippen molar-refractivity contribution in [1.29, 1.82) is 5.41 Å². The van der Waals surface area contributed by atoms with Crippen LogP contribution in [0.4, 0.5) is 11.6 Å². The van der Waals surface area contributed by atoms with E-state index in [1.807, 2.05) is 51.4 Å². The smallest absolute Gasteiger partial charge is 0.232 e. The number of ether oxygens (including phenoxy) is 2. The zero-order valence-corrected chi connectivity index (χ0v) is 36.1. The topological polar surface area (TPSA) is 125 Å². The van der Waals surface area contributed by atoms with Crippen LogP contribution in [0.25, 0.3) is 5.65 Å². The van der Waals surface area contributed by atoms with Crippen LogP contribution in [0.5, 0.6) is 5.75 Å². The second-order valence-electron chi connectivity index (χ2n) is 18.8. The highest BCUT2D eigenvalue weighted by Gasteiger charge is 2.68. The summed E-state index contributed by atoms with van der Waals surface area (Å²) in [6, 6.07) is 21.8. The molecule has 1 spiro atoms. The second-order valence-corrected chi connectivity index (χ2v) is 18.8. The van der Waals surface area contributed by atoms with Gasteiger partial charge in [-0.3, -0.25) is 24.7 Å². The van der Waals surface area contributed by atoms with Crippen LogP contribution in [-0.4, -0.2) is 70.0 Å². The van der Waals surface area contributed by atoms with E-state index in [4.69, 9.17) is 14.9 Å². The summed E-state index contributed by atoms with van der Waals surface area (Å²) in [5.41, 5.74) is 5.53. The highest BCUT2D eigenvalue weighted by atomic mass is 16.5. The highest BCUT2D eigenvalue weighted by molar-refractivity contribution is 5.97. The number of hydrogen-bond acceptors (Lipinski definition) is 8. The first-order valence-electron chi connectivity index (χ1n) is 22.1. The number of allylic oxidation sites excluding steroid dienone is 1. The Morgan fingerprint density at radius 1 is 1.00 bits per heavy atom. The lowest BCUT2D eigenvalue weighted by atomic mass is 9.72. The van der Waals surface area contributed by atoms with Crippen molar-refractivity contribution in [2.24, 2.45) is 10.8 Å². The summed E-state index contributed by atoms with van der Waals surface area (Å²) in [5.74, 6) is 2.36. The van der Waals surface area contributed by atoms with Crippen LogP contribution in [0.3, 0.4) is 0 Å². The first-order chi connectivity index (χ1) is 28.4. The summed E-state index contributed by atoms with van der Waals surface area (Å²) >= 11 is 0. The number of fused-ring (bicyclic) bond motifs is 3. The Morgan fingerprint density at radius 2 is 1.78 bits per heavy atom. The summed E-state index contributed by atoms with van der Waals surface area (Å²) in [4.78, 5) is 19.1. The van der Waals surface area contributed by atoms with Crippen molar-refractivity contribution in [1.82, 2.24) is 24.8 Å². The molecule has 59 heavy (non-hydrogen) atoms. The fourth-order valence-electron chi connectivity index (χ4n) is 10.2. The number of rotatable bonds is 13. The maximum Gasteiger partial charge on any atom is 0.232 e. The monoisotopic (exact) mass is 802 g/mol. The number of hydrogen-bond donors (Lipinski definition) is 3. The molecule has 3 fully saturated rings. The number of quaternary nitrogens is 1. The Morgan fingerprint density at radius 3 is 2.51 bits per heavy atom. The standard InChI is InChI=1S/C48H64N8O3/c1-7-47(29-44(57)51-42(28-41(49)46(3,4)5)50-35-17-15-34(16-18-35)30-54-26-22-36(58-6)23-27-54)32-48(47)24-21-40(38-13-8-9-14-39(38)48)59-37-19-20-43-52-53-45(56(43)31-37)55-25-11-10-12-33(55)2/h8-9,13-20,28,31,33,36,40,49-50H,7,10-12,21-27,29-30,32H2,1-6H3,(H,51,57)/p+1. The number of nitrogens with one attached hydrogen (secondary N) is 2. The number of carbonyl (C=O) groups is 1. The van der Waals surface area contributed by atoms with E-state index >= 15 is 0 Å². The molecular weight excluding hydrogens is 737 g/mol. The van der Waals surface area contributed by atoms with Crippen LogP contribution in [0.15, 0.2) is 78.8 Å². The molecule has 0 bridgehead atoms. The highest BCUT2D eigenvalue weighted by Crippen LogP contribution is 2.73. The zero-order valence-electron chi connectivity index (χ0n) is 36.1. The molecule has 2 saturated heterocycles. The average molecular weight is 802 g/mol. The van der Waals surface area contributed by atoms with Gasteiger partial charge in [-0.15, -0.1) is 10.2 Å². The molecule has 4 N–H and O–H groups in total. The maximum absolute atomic E-state index is 14.2. The molecule has 1 saturated carbocycles. The SMILES string of the molecule is CCC1(CC(=O)NC(=CC(=N)C(C)(C)C)[NH2+]c2ccc(CN3CCC(OC)CC3)cc2)CC12CCC(Oc1ccc3nnc(N4CCCCC4C)n3c1)c1ccccc12. The van der Waals surface area contributed by atoms with Crippen LogP contribution < -0.4 is 20.3 Å². The predicted octanol–water partition coefficient (Wildman–Crippen LogP) is 7.98. The van der Waals surface area contributed by atoms with E-state index < -0.39 is 0 Å². The molecule has 11 nitrogen and oxygen atoms in total. The predicted molar refractivity (Wildman–Crippen MR) is 233 cm³/mol. The van der Waals surface area contributed by atoms with Crippen LogP contribution in [0.2, 0.25) is 0 Å². The minimum absolute atomic E-state index is 0.000873. The third-order valence-corrected chi connectivity index (χ3v) is 14.0. The molecule has 4 heterocycles. The molecule has 4 aromatic rings. The molecular formula is C48H65N8O3+. The van der Waals surface area contributed by atoms with Gasteiger partial charge in [-0.25, -0.2) is 0 Å². The van der Waals surface area contributed by atoms with Gasteiger partial charge in [-0.1, -0.05) is 64.1 Å². The lowest BCUT2D eigenvalue weighted by molar-refractivity contribution is -0.522. The fourth-order valence-corrected chi connectivity index (χ4v) is 10.2. The number of carbonyl (C=O) groups excluding carboxylic acids is 1. The number of benzene rings is 2. The summed E-state index contributed by atoms with van der Waals surface area (Å²) in [7, 11) is 1.81. The maximum atomic E-state index is 14.2. The van der Waals surface area contributed by atoms with Gasteiger partial charge in [-0.2, -0.15) is 0 Å². The molecule has 2 aromatic carbocycles. The number of nitrogens with two attached hydrogens (primary N) is 1. The van der Waals surface area contributed by atoms with E-state index in [0.717, 1.165) is 94.2 Å². The number of piperidine rings is 2. The molecule has 314 valence electrons.